The van der Waals surface area contributed by atoms with Gasteiger partial charge in [0.25, 0.3) is 0 Å². The van der Waals surface area contributed by atoms with Gasteiger partial charge in [-0.25, -0.2) is 0 Å². The van der Waals surface area contributed by atoms with Crippen LogP contribution in [0.2, 0.25) is 0 Å². The van der Waals surface area contributed by atoms with Gasteiger partial charge in [-0.2, -0.15) is 0 Å². The molecule has 0 unspecified atom stereocenters. The maximum atomic E-state index is 6.39. The van der Waals surface area contributed by atoms with E-state index < -0.39 is 7.12 Å². The Balaban J connectivity index is 1.92. The van der Waals surface area contributed by atoms with Crippen LogP contribution in [0, 0.1) is 6.92 Å². The molecule has 0 saturated carbocycles. The SMILES string of the molecule is CCCOc1cc(C/C=C(\C=C(/C)c2ccccc2)B2OC(C)(C)C(C)(C)O2)ccc1C. The first-order valence-corrected chi connectivity index (χ1v) is 11.6. The van der Waals surface area contributed by atoms with Crippen LogP contribution < -0.4 is 4.74 Å². The van der Waals surface area contributed by atoms with Gasteiger partial charge in [0.2, 0.25) is 0 Å². The monoisotopic (exact) mass is 432 g/mol. The first-order chi connectivity index (χ1) is 15.1. The van der Waals surface area contributed by atoms with Crippen LogP contribution in [-0.2, 0) is 15.7 Å². The fourth-order valence-corrected chi connectivity index (χ4v) is 3.61. The quantitative estimate of drug-likeness (QED) is 0.332. The lowest BCUT2D eigenvalue weighted by atomic mass is 9.76. The minimum atomic E-state index is -0.403. The molecule has 1 aliphatic heterocycles. The lowest BCUT2D eigenvalue weighted by Gasteiger charge is -2.32. The maximum absolute atomic E-state index is 6.39. The van der Waals surface area contributed by atoms with Gasteiger partial charge in [-0.1, -0.05) is 61.5 Å². The zero-order valence-corrected chi connectivity index (χ0v) is 20.7. The molecule has 0 N–H and O–H groups in total. The van der Waals surface area contributed by atoms with Crippen LogP contribution in [0.5, 0.6) is 5.75 Å². The second kappa shape index (κ2) is 10.1. The minimum Gasteiger partial charge on any atom is -0.493 e. The molecule has 1 saturated heterocycles. The Hall–Kier alpha value is -2.30. The van der Waals surface area contributed by atoms with E-state index in [1.165, 1.54) is 16.7 Å². The largest absolute Gasteiger partial charge is 0.494 e. The van der Waals surface area contributed by atoms with E-state index in [-0.39, 0.29) is 11.2 Å². The Morgan fingerprint density at radius 1 is 1.00 bits per heavy atom. The molecule has 4 heteroatoms. The standard InChI is InChI=1S/C28H37BO3/c1-8-18-30-26-20-23(15-14-21(26)2)16-17-25(19-22(3)24-12-10-9-11-13-24)29-31-27(4,5)28(6,7)32-29/h9-15,17,19-20H,8,16,18H2,1-7H3/b22-19+,25-17+. The van der Waals surface area contributed by atoms with Crippen LogP contribution in [0.25, 0.3) is 5.57 Å². The van der Waals surface area contributed by atoms with Crippen molar-refractivity contribution < 1.29 is 14.0 Å². The highest BCUT2D eigenvalue weighted by molar-refractivity contribution is 6.55. The van der Waals surface area contributed by atoms with E-state index in [0.29, 0.717) is 0 Å². The van der Waals surface area contributed by atoms with Gasteiger partial charge < -0.3 is 14.0 Å². The number of ether oxygens (including phenoxy) is 1. The number of aryl methyl sites for hydroxylation is 1. The Bertz CT molecular complexity index is 957. The molecule has 1 heterocycles. The van der Waals surface area contributed by atoms with Crippen LogP contribution in [0.1, 0.15) is 64.7 Å². The van der Waals surface area contributed by atoms with E-state index in [4.69, 9.17) is 14.0 Å². The number of benzene rings is 2. The van der Waals surface area contributed by atoms with Crippen molar-refractivity contribution in [2.24, 2.45) is 0 Å². The molecule has 2 aromatic carbocycles. The number of allylic oxidation sites excluding steroid dienone is 4. The van der Waals surface area contributed by atoms with Crippen molar-refractivity contribution in [2.45, 2.75) is 72.5 Å². The maximum Gasteiger partial charge on any atom is 0.494 e. The van der Waals surface area contributed by atoms with Crippen molar-refractivity contribution in [2.75, 3.05) is 6.61 Å². The van der Waals surface area contributed by atoms with E-state index in [2.05, 4.69) is 103 Å². The van der Waals surface area contributed by atoms with Crippen molar-refractivity contribution in [1.82, 2.24) is 0 Å². The lowest BCUT2D eigenvalue weighted by molar-refractivity contribution is 0.00578. The highest BCUT2D eigenvalue weighted by atomic mass is 16.7. The second-order valence-corrected chi connectivity index (χ2v) is 9.64. The van der Waals surface area contributed by atoms with E-state index in [0.717, 1.165) is 36.2 Å². The van der Waals surface area contributed by atoms with Gasteiger partial charge in [0.05, 0.1) is 17.8 Å². The Labute approximate surface area is 194 Å². The summed E-state index contributed by atoms with van der Waals surface area (Å²) in [7, 11) is -0.403. The van der Waals surface area contributed by atoms with Gasteiger partial charge in [-0.05, 0) is 88.2 Å². The number of hydrogen-bond acceptors (Lipinski definition) is 3. The van der Waals surface area contributed by atoms with E-state index in [9.17, 15) is 0 Å². The lowest BCUT2D eigenvalue weighted by Crippen LogP contribution is -2.41. The summed E-state index contributed by atoms with van der Waals surface area (Å²) in [4.78, 5) is 0. The van der Waals surface area contributed by atoms with Crippen LogP contribution in [0.15, 0.2) is 66.2 Å². The highest BCUT2D eigenvalue weighted by Crippen LogP contribution is 2.39. The molecule has 2 aromatic rings. The van der Waals surface area contributed by atoms with Crippen molar-refractivity contribution in [3.8, 4) is 5.75 Å². The van der Waals surface area contributed by atoms with Crippen molar-refractivity contribution in [1.29, 1.82) is 0 Å². The van der Waals surface area contributed by atoms with Crippen LogP contribution in [-0.4, -0.2) is 24.9 Å². The number of rotatable bonds is 8. The van der Waals surface area contributed by atoms with Gasteiger partial charge in [0, 0.05) is 0 Å². The zero-order chi connectivity index (χ0) is 23.4. The summed E-state index contributed by atoms with van der Waals surface area (Å²) in [5.74, 6) is 0.964. The Morgan fingerprint density at radius 3 is 2.28 bits per heavy atom. The number of hydrogen-bond donors (Lipinski definition) is 0. The third-order valence-electron chi connectivity index (χ3n) is 6.43. The molecule has 0 atom stereocenters. The Morgan fingerprint density at radius 2 is 1.66 bits per heavy atom. The van der Waals surface area contributed by atoms with Crippen molar-refractivity contribution >= 4 is 12.7 Å². The van der Waals surface area contributed by atoms with Gasteiger partial charge >= 0.3 is 7.12 Å². The molecular formula is C28H37BO3. The predicted octanol–water partition coefficient (Wildman–Crippen LogP) is 6.99. The molecule has 0 amide bonds. The zero-order valence-electron chi connectivity index (χ0n) is 20.7. The van der Waals surface area contributed by atoms with Crippen molar-refractivity contribution in [3.05, 3.63) is 82.8 Å². The topological polar surface area (TPSA) is 27.7 Å². The smallest absolute Gasteiger partial charge is 0.493 e. The van der Waals surface area contributed by atoms with E-state index >= 15 is 0 Å². The van der Waals surface area contributed by atoms with Crippen LogP contribution in [0.3, 0.4) is 0 Å². The third kappa shape index (κ3) is 5.73. The molecule has 0 aromatic heterocycles. The molecule has 32 heavy (non-hydrogen) atoms. The van der Waals surface area contributed by atoms with Gasteiger partial charge in [0.1, 0.15) is 5.75 Å². The van der Waals surface area contributed by atoms with Crippen molar-refractivity contribution in [3.63, 3.8) is 0 Å². The molecule has 3 nitrogen and oxygen atoms in total. The summed E-state index contributed by atoms with van der Waals surface area (Å²) in [6.07, 6.45) is 6.20. The van der Waals surface area contributed by atoms with E-state index in [1.807, 2.05) is 6.07 Å². The minimum absolute atomic E-state index is 0.379. The molecule has 0 aliphatic carbocycles. The van der Waals surface area contributed by atoms with Crippen LogP contribution in [0.4, 0.5) is 0 Å². The van der Waals surface area contributed by atoms with Crippen LogP contribution >= 0.6 is 0 Å². The fourth-order valence-electron chi connectivity index (χ4n) is 3.61. The summed E-state index contributed by atoms with van der Waals surface area (Å²) in [6.45, 7) is 15.5. The molecule has 3 rings (SSSR count). The molecular weight excluding hydrogens is 395 g/mol. The summed E-state index contributed by atoms with van der Waals surface area (Å²) in [5.41, 5.74) is 5.04. The summed E-state index contributed by atoms with van der Waals surface area (Å²) in [5, 5.41) is 0. The molecule has 1 aliphatic rings. The third-order valence-corrected chi connectivity index (χ3v) is 6.43. The molecule has 170 valence electrons. The van der Waals surface area contributed by atoms with Gasteiger partial charge in [0.15, 0.2) is 0 Å². The average molecular weight is 432 g/mol. The normalized spacial score (nSPS) is 18.2. The summed E-state index contributed by atoms with van der Waals surface area (Å²) >= 11 is 0. The predicted molar refractivity (Wildman–Crippen MR) is 135 cm³/mol. The molecule has 0 radical (unpaired) electrons. The van der Waals surface area contributed by atoms with E-state index in [1.54, 1.807) is 0 Å². The van der Waals surface area contributed by atoms with Gasteiger partial charge in [-0.3, -0.25) is 0 Å². The first-order valence-electron chi connectivity index (χ1n) is 11.6. The average Bonchev–Trinajstić information content (AvgIpc) is 2.98. The molecule has 0 spiro atoms. The fraction of sp³-hybridized carbons (Fsp3) is 0.429. The van der Waals surface area contributed by atoms with Gasteiger partial charge in [-0.15, -0.1) is 0 Å². The second-order valence-electron chi connectivity index (χ2n) is 9.64. The molecule has 0 bridgehead atoms. The first kappa shape index (κ1) is 24.3. The highest BCUT2D eigenvalue weighted by Gasteiger charge is 2.52. The summed E-state index contributed by atoms with van der Waals surface area (Å²) < 4.78 is 18.7. The Kier molecular flexibility index (Phi) is 7.69. The summed E-state index contributed by atoms with van der Waals surface area (Å²) in [6, 6.07) is 16.9. The molecule has 1 fully saturated rings.